The van der Waals surface area contributed by atoms with Crippen molar-refractivity contribution in [3.8, 4) is 0 Å². The first-order valence-corrected chi connectivity index (χ1v) is 8.54. The number of halogens is 4. The summed E-state index contributed by atoms with van der Waals surface area (Å²) in [6.07, 6.45) is 0.736. The summed E-state index contributed by atoms with van der Waals surface area (Å²) in [5.74, 6) is 0.343. The molecule has 1 rings (SSSR count). The van der Waals surface area contributed by atoms with Crippen LogP contribution in [0.5, 0.6) is 0 Å². The molecule has 0 heterocycles. The minimum atomic E-state index is -0.133. The fourth-order valence-electron chi connectivity index (χ4n) is 1.69. The van der Waals surface area contributed by atoms with Crippen molar-refractivity contribution < 1.29 is 4.39 Å². The molecule has 0 N–H and O–H groups in total. The van der Waals surface area contributed by atoms with E-state index in [1.165, 1.54) is 6.07 Å². The molecule has 96 valence electrons. The van der Waals surface area contributed by atoms with Crippen LogP contribution in [0.25, 0.3) is 0 Å². The van der Waals surface area contributed by atoms with Crippen molar-refractivity contribution >= 4 is 47.8 Å². The lowest BCUT2D eigenvalue weighted by molar-refractivity contribution is 0.265. The van der Waals surface area contributed by atoms with E-state index in [0.29, 0.717) is 5.92 Å². The molecule has 0 aliphatic rings. The van der Waals surface area contributed by atoms with Crippen LogP contribution in [-0.2, 0) is 6.42 Å². The van der Waals surface area contributed by atoms with E-state index in [-0.39, 0.29) is 11.2 Å². The molecule has 17 heavy (non-hydrogen) atoms. The third kappa shape index (κ3) is 3.77. The van der Waals surface area contributed by atoms with Crippen LogP contribution in [0.1, 0.15) is 19.4 Å². The molecule has 0 fully saturated rings. The first kappa shape index (κ1) is 15.6. The maximum atomic E-state index is 13.9. The highest BCUT2D eigenvalue weighted by molar-refractivity contribution is 9.10. The summed E-state index contributed by atoms with van der Waals surface area (Å²) in [5.41, 5.74) is 0.829. The van der Waals surface area contributed by atoms with Crippen LogP contribution in [0.15, 0.2) is 22.7 Å². The molecule has 0 atom stereocenters. The molecule has 1 aromatic carbocycles. The van der Waals surface area contributed by atoms with Crippen LogP contribution in [0, 0.1) is 17.2 Å². The Balaban J connectivity index is 3.01. The van der Waals surface area contributed by atoms with Crippen molar-refractivity contribution in [2.45, 2.75) is 20.3 Å². The van der Waals surface area contributed by atoms with Gasteiger partial charge in [0, 0.05) is 15.1 Å². The summed E-state index contributed by atoms with van der Waals surface area (Å²) in [7, 11) is 0. The number of hydrogen-bond donors (Lipinski definition) is 0. The summed E-state index contributed by atoms with van der Waals surface area (Å²) in [6.45, 7) is 4.36. The monoisotopic (exact) mass is 428 g/mol. The van der Waals surface area contributed by atoms with E-state index in [1.807, 2.05) is 12.1 Å². The van der Waals surface area contributed by atoms with Crippen molar-refractivity contribution in [2.24, 2.45) is 11.3 Å². The Morgan fingerprint density at radius 1 is 1.24 bits per heavy atom. The van der Waals surface area contributed by atoms with Gasteiger partial charge in [-0.1, -0.05) is 67.7 Å². The van der Waals surface area contributed by atoms with E-state index in [0.717, 1.165) is 27.1 Å². The van der Waals surface area contributed by atoms with Crippen molar-refractivity contribution in [1.82, 2.24) is 0 Å². The molecule has 0 nitrogen and oxygen atoms in total. The maximum absolute atomic E-state index is 13.9. The minimum absolute atomic E-state index is 0.0503. The summed E-state index contributed by atoms with van der Waals surface area (Å²) in [6, 6.07) is 5.29. The van der Waals surface area contributed by atoms with E-state index < -0.39 is 0 Å². The lowest BCUT2D eigenvalue weighted by Gasteiger charge is -2.34. The van der Waals surface area contributed by atoms with Gasteiger partial charge in [0.05, 0.1) is 0 Å². The molecule has 0 aliphatic heterocycles. The Labute approximate surface area is 128 Å². The summed E-state index contributed by atoms with van der Waals surface area (Å²) >= 11 is 10.4. The molecule has 4 heteroatoms. The van der Waals surface area contributed by atoms with Gasteiger partial charge in [0.1, 0.15) is 5.82 Å². The molecular weight excluding hydrogens is 415 g/mol. The van der Waals surface area contributed by atoms with Crippen molar-refractivity contribution in [2.75, 3.05) is 10.7 Å². The Hall–Kier alpha value is 0.590. The van der Waals surface area contributed by atoms with E-state index in [9.17, 15) is 4.39 Å². The van der Waals surface area contributed by atoms with Crippen LogP contribution in [-0.4, -0.2) is 10.7 Å². The molecule has 0 amide bonds. The normalized spacial score (nSPS) is 12.2. The summed E-state index contributed by atoms with van der Waals surface area (Å²) < 4.78 is 14.6. The average Bonchev–Trinajstić information content (AvgIpc) is 2.28. The highest BCUT2D eigenvalue weighted by Gasteiger charge is 2.32. The first-order chi connectivity index (χ1) is 7.95. The van der Waals surface area contributed by atoms with Crippen LogP contribution in [0.2, 0.25) is 0 Å². The second kappa shape index (κ2) is 6.67. The zero-order chi connectivity index (χ0) is 13.1. The van der Waals surface area contributed by atoms with Gasteiger partial charge in [0.25, 0.3) is 0 Å². The minimum Gasteiger partial charge on any atom is -0.207 e. The fourth-order valence-corrected chi connectivity index (χ4v) is 4.64. The summed E-state index contributed by atoms with van der Waals surface area (Å²) in [5, 5.41) is 1.72. The molecule has 0 radical (unpaired) electrons. The topological polar surface area (TPSA) is 0 Å². The number of hydrogen-bond acceptors (Lipinski definition) is 0. The Morgan fingerprint density at radius 3 is 2.24 bits per heavy atom. The second-order valence-electron chi connectivity index (χ2n) is 4.70. The van der Waals surface area contributed by atoms with E-state index in [2.05, 4.69) is 61.6 Å². The second-order valence-corrected chi connectivity index (χ2v) is 6.73. The van der Waals surface area contributed by atoms with Crippen LogP contribution >= 0.6 is 47.8 Å². The van der Waals surface area contributed by atoms with Gasteiger partial charge in [0.15, 0.2) is 0 Å². The zero-order valence-corrected chi connectivity index (χ0v) is 14.7. The summed E-state index contributed by atoms with van der Waals surface area (Å²) in [4.78, 5) is 0. The van der Waals surface area contributed by atoms with Gasteiger partial charge in [-0.2, -0.15) is 0 Å². The number of benzene rings is 1. The largest absolute Gasteiger partial charge is 0.207 e. The predicted molar refractivity (Wildman–Crippen MR) is 82.7 cm³/mol. The van der Waals surface area contributed by atoms with E-state index in [4.69, 9.17) is 0 Å². The molecule has 1 aromatic rings. The third-order valence-corrected chi connectivity index (χ3v) is 6.04. The van der Waals surface area contributed by atoms with E-state index in [1.54, 1.807) is 0 Å². The van der Waals surface area contributed by atoms with Crippen molar-refractivity contribution in [1.29, 1.82) is 0 Å². The smallest absolute Gasteiger partial charge is 0.127 e. The Kier molecular flexibility index (Phi) is 6.14. The molecule has 0 unspecified atom stereocenters. The molecule has 0 saturated heterocycles. The highest BCUT2D eigenvalue weighted by Crippen LogP contribution is 2.36. The van der Waals surface area contributed by atoms with Crippen LogP contribution in [0.3, 0.4) is 0 Å². The zero-order valence-electron chi connectivity index (χ0n) is 9.94. The lowest BCUT2D eigenvalue weighted by Crippen LogP contribution is -2.34. The van der Waals surface area contributed by atoms with Crippen molar-refractivity contribution in [3.63, 3.8) is 0 Å². The molecule has 0 spiro atoms. The standard InChI is InChI=1S/C13H16Br3F/c1-9(2)13(7-14,8-15)6-10-3-4-11(16)5-12(10)17/h3-5,9H,6-8H2,1-2H3. The molecule has 0 saturated carbocycles. The Bertz CT molecular complexity index is 373. The van der Waals surface area contributed by atoms with Gasteiger partial charge in [-0.25, -0.2) is 4.39 Å². The van der Waals surface area contributed by atoms with Gasteiger partial charge in [-0.3, -0.25) is 0 Å². The van der Waals surface area contributed by atoms with Gasteiger partial charge < -0.3 is 0 Å². The van der Waals surface area contributed by atoms with Crippen molar-refractivity contribution in [3.05, 3.63) is 34.1 Å². The lowest BCUT2D eigenvalue weighted by atomic mass is 9.76. The van der Waals surface area contributed by atoms with E-state index >= 15 is 0 Å². The third-order valence-electron chi connectivity index (χ3n) is 3.31. The average molecular weight is 431 g/mol. The molecular formula is C13H16Br3F. The first-order valence-electron chi connectivity index (χ1n) is 5.51. The maximum Gasteiger partial charge on any atom is 0.127 e. The van der Waals surface area contributed by atoms with Gasteiger partial charge in [-0.15, -0.1) is 0 Å². The fraction of sp³-hybridized carbons (Fsp3) is 0.538. The van der Waals surface area contributed by atoms with Gasteiger partial charge in [0.2, 0.25) is 0 Å². The number of rotatable bonds is 5. The van der Waals surface area contributed by atoms with Crippen LogP contribution in [0.4, 0.5) is 4.39 Å². The Morgan fingerprint density at radius 2 is 1.82 bits per heavy atom. The predicted octanol–water partition coefficient (Wildman–Crippen LogP) is 5.56. The molecule has 0 aromatic heterocycles. The molecule has 0 aliphatic carbocycles. The highest BCUT2D eigenvalue weighted by atomic mass is 79.9. The quantitative estimate of drug-likeness (QED) is 0.536. The number of alkyl halides is 2. The SMILES string of the molecule is CC(C)C(CBr)(CBr)Cc1ccc(Br)cc1F. The van der Waals surface area contributed by atoms with Gasteiger partial charge >= 0.3 is 0 Å². The molecule has 0 bridgehead atoms. The van der Waals surface area contributed by atoms with Gasteiger partial charge in [-0.05, 0) is 35.4 Å². The van der Waals surface area contributed by atoms with Crippen LogP contribution < -0.4 is 0 Å².